The summed E-state index contributed by atoms with van der Waals surface area (Å²) >= 11 is 0. The van der Waals surface area contributed by atoms with Crippen molar-refractivity contribution in [2.75, 3.05) is 14.2 Å². The largest absolute Gasteiger partial charge is 1.00 e. The first kappa shape index (κ1) is 23.8. The van der Waals surface area contributed by atoms with Gasteiger partial charge < -0.3 is 27.7 Å². The van der Waals surface area contributed by atoms with Crippen molar-refractivity contribution in [3.8, 4) is 23.0 Å². The number of fused-ring (bicyclic) bond motifs is 1. The van der Waals surface area contributed by atoms with Crippen LogP contribution in [-0.4, -0.2) is 27.2 Å². The molecule has 0 unspecified atom stereocenters. The maximum Gasteiger partial charge on any atom is 1.00 e. The molecule has 114 valence electrons. The van der Waals surface area contributed by atoms with Gasteiger partial charge in [0.05, 0.1) is 19.6 Å². The second-order valence-electron chi connectivity index (χ2n) is 3.71. The monoisotopic (exact) mass is 394 g/mol. The van der Waals surface area contributed by atoms with Gasteiger partial charge in [0.1, 0.15) is 0 Å². The summed E-state index contributed by atoms with van der Waals surface area (Å²) in [6, 6.07) is 2.23. The van der Waals surface area contributed by atoms with E-state index >= 15 is 0 Å². The summed E-state index contributed by atoms with van der Waals surface area (Å²) in [7, 11) is -2.89. The summed E-state index contributed by atoms with van der Waals surface area (Å²) in [6.45, 7) is 0. The zero-order chi connectivity index (χ0) is 15.8. The minimum Gasteiger partial charge on any atom is -0.867 e. The molecule has 0 radical (unpaired) electrons. The van der Waals surface area contributed by atoms with E-state index in [9.17, 15) is 22.9 Å². The van der Waals surface area contributed by atoms with Crippen LogP contribution in [0, 0.1) is 0 Å². The number of hydrogen-bond donors (Lipinski definition) is 0. The van der Waals surface area contributed by atoms with Crippen LogP contribution in [0.1, 0.15) is 0 Å². The van der Waals surface area contributed by atoms with E-state index in [1.807, 2.05) is 0 Å². The van der Waals surface area contributed by atoms with E-state index in [4.69, 9.17) is 13.9 Å². The number of methoxy groups -OCH3 is 2. The first-order valence-electron chi connectivity index (χ1n) is 5.32. The molecule has 0 fully saturated rings. The Labute approximate surface area is 216 Å². The minimum absolute atomic E-state index is 0. The van der Waals surface area contributed by atoms with Crippen molar-refractivity contribution in [2.24, 2.45) is 0 Å². The molecule has 0 aliphatic carbocycles. The van der Waals surface area contributed by atoms with Crippen LogP contribution in [0.25, 0.3) is 11.0 Å². The van der Waals surface area contributed by atoms with E-state index in [0.29, 0.717) is 0 Å². The fourth-order valence-electron chi connectivity index (χ4n) is 1.76. The predicted molar refractivity (Wildman–Crippen MR) is 65.4 cm³/mol. The summed E-state index contributed by atoms with van der Waals surface area (Å²) in [4.78, 5) is 11.2. The molecule has 12 heteroatoms. The Kier molecular flexibility index (Phi) is 9.83. The average Bonchev–Trinajstić information content (AvgIpc) is 2.40. The molecule has 0 aliphatic rings. The maximum absolute atomic E-state index is 12.1. The maximum atomic E-state index is 12.1. The first-order chi connectivity index (χ1) is 9.78. The molecule has 0 bridgehead atoms. The third-order valence-corrected chi connectivity index (χ3v) is 2.87. The van der Waals surface area contributed by atoms with Gasteiger partial charge in [-0.2, -0.15) is 0 Å². The second-order valence-corrected chi connectivity index (χ2v) is 4.70. The first-order valence-corrected chi connectivity index (χ1v) is 6.66. The number of hydrogen-bond acceptors (Lipinski definition) is 9. The van der Waals surface area contributed by atoms with Gasteiger partial charge in [-0.25, -0.2) is 13.2 Å². The van der Waals surface area contributed by atoms with Crippen LogP contribution in [0.2, 0.25) is 0 Å². The van der Waals surface area contributed by atoms with Crippen molar-refractivity contribution < 1.29 is 139 Å². The molecule has 23 heavy (non-hydrogen) atoms. The molecule has 0 atom stereocenters. The van der Waals surface area contributed by atoms with Gasteiger partial charge in [0.15, 0.2) is 22.8 Å². The van der Waals surface area contributed by atoms with Crippen molar-refractivity contribution >= 4 is 21.4 Å². The quantitative estimate of drug-likeness (QED) is 0.214. The van der Waals surface area contributed by atoms with Crippen molar-refractivity contribution in [1.82, 2.24) is 0 Å². The van der Waals surface area contributed by atoms with E-state index in [1.165, 1.54) is 13.2 Å². The molecule has 0 amide bonds. The van der Waals surface area contributed by atoms with Crippen LogP contribution < -0.4 is 127 Å². The van der Waals surface area contributed by atoms with Crippen LogP contribution in [0.3, 0.4) is 0 Å². The van der Waals surface area contributed by atoms with Crippen LogP contribution in [0.15, 0.2) is 21.3 Å². The molecule has 1 aromatic carbocycles. The van der Waals surface area contributed by atoms with E-state index < -0.39 is 38.9 Å². The van der Waals surface area contributed by atoms with Crippen LogP contribution in [0.5, 0.6) is 23.0 Å². The molecule has 0 N–H and O–H groups in total. The molecule has 2 aromatic rings. The Morgan fingerprint density at radius 1 is 1.04 bits per heavy atom. The van der Waals surface area contributed by atoms with Crippen molar-refractivity contribution in [3.05, 3.63) is 22.6 Å². The smallest absolute Gasteiger partial charge is 0.867 e. The number of rotatable bonds is 4. The number of ether oxygens (including phenoxy) is 2. The Hall–Kier alpha value is 0.813. The zero-order valence-corrected chi connectivity index (χ0v) is 19.8. The molecular weight excluding hydrogens is 386 g/mol. The Morgan fingerprint density at radius 3 is 2.09 bits per heavy atom. The fraction of sp³-hybridized carbons (Fsp3) is 0.182. The van der Waals surface area contributed by atoms with E-state index in [-0.39, 0.29) is 114 Å². The Balaban J connectivity index is 0.00000242. The molecule has 0 saturated carbocycles. The SMILES string of the molecule is COc1c([O-])c(OS(=O)(=O)[O-])c2oc(=O)ccc2c1OC.[K+].[K+]. The van der Waals surface area contributed by atoms with Crippen molar-refractivity contribution in [3.63, 3.8) is 0 Å². The zero-order valence-electron chi connectivity index (χ0n) is 12.7. The summed E-state index contributed by atoms with van der Waals surface area (Å²) < 4.78 is 50.8. The minimum atomic E-state index is -5.26. The topological polar surface area (TPSA) is 138 Å². The molecule has 0 aliphatic heterocycles. The normalized spacial score (nSPS) is 10.4. The molecule has 1 aromatic heterocycles. The summed E-state index contributed by atoms with van der Waals surface area (Å²) in [5.41, 5.74) is -1.40. The van der Waals surface area contributed by atoms with Gasteiger partial charge in [0, 0.05) is 6.07 Å². The average molecular weight is 394 g/mol. The fourth-order valence-corrected chi connectivity index (χ4v) is 2.12. The molecule has 0 saturated heterocycles. The van der Waals surface area contributed by atoms with Gasteiger partial charge in [-0.15, -0.1) is 0 Å². The molecule has 2 rings (SSSR count). The molecule has 1 heterocycles. The van der Waals surface area contributed by atoms with Crippen LogP contribution in [0.4, 0.5) is 0 Å². The molecular formula is C11H8K2O9S. The van der Waals surface area contributed by atoms with Crippen LogP contribution >= 0.6 is 0 Å². The van der Waals surface area contributed by atoms with E-state index in [1.54, 1.807) is 0 Å². The van der Waals surface area contributed by atoms with Gasteiger partial charge in [-0.3, -0.25) is 0 Å². The van der Waals surface area contributed by atoms with Crippen molar-refractivity contribution in [1.29, 1.82) is 0 Å². The Morgan fingerprint density at radius 2 is 1.61 bits per heavy atom. The summed E-state index contributed by atoms with van der Waals surface area (Å²) in [6.07, 6.45) is 0. The van der Waals surface area contributed by atoms with Gasteiger partial charge in [0.2, 0.25) is 0 Å². The van der Waals surface area contributed by atoms with Gasteiger partial charge in [-0.05, 0) is 11.8 Å². The van der Waals surface area contributed by atoms with Gasteiger partial charge >= 0.3 is 108 Å². The van der Waals surface area contributed by atoms with E-state index in [2.05, 4.69) is 4.18 Å². The summed E-state index contributed by atoms with van der Waals surface area (Å²) in [5, 5.41) is 12.1. The third kappa shape index (κ3) is 5.39. The summed E-state index contributed by atoms with van der Waals surface area (Å²) in [5.74, 6) is -2.54. The van der Waals surface area contributed by atoms with Crippen LogP contribution in [-0.2, 0) is 10.4 Å². The molecule has 0 spiro atoms. The third-order valence-electron chi connectivity index (χ3n) is 2.50. The standard InChI is InChI=1S/C11H10O9S.2K/c1-17-8-5-3-4-6(12)19-9(5)11(20-21(14,15)16)7(13)10(8)18-2;;/h3-4,13H,1-2H3,(H,14,15,16);;/q;2*+1/p-2. The van der Waals surface area contributed by atoms with Crippen molar-refractivity contribution in [2.45, 2.75) is 0 Å². The number of benzene rings is 1. The molecule has 9 nitrogen and oxygen atoms in total. The van der Waals surface area contributed by atoms with E-state index in [0.717, 1.165) is 13.2 Å². The van der Waals surface area contributed by atoms with Gasteiger partial charge in [0.25, 0.3) is 10.4 Å². The Bertz CT molecular complexity index is 860. The predicted octanol–water partition coefficient (Wildman–Crippen LogP) is -6.27. The second kappa shape index (κ2) is 9.49. The van der Waals surface area contributed by atoms with Gasteiger partial charge in [-0.1, -0.05) is 0 Å².